The van der Waals surface area contributed by atoms with E-state index in [2.05, 4.69) is 11.0 Å². The Morgan fingerprint density at radius 3 is 2.21 bits per heavy atom. The van der Waals surface area contributed by atoms with Crippen LogP contribution in [0.5, 0.6) is 5.75 Å². The molecule has 1 aromatic rings. The number of carboxylic acid groups (broad SMARTS) is 1. The average molecular weight is 385 g/mol. The molecule has 2 atom stereocenters. The van der Waals surface area contributed by atoms with Crippen LogP contribution < -0.4 is 14.7 Å². The first-order valence-corrected chi connectivity index (χ1v) is 10.6. The molecule has 0 unspecified atom stereocenters. The van der Waals surface area contributed by atoms with Gasteiger partial charge < -0.3 is 24.4 Å². The molecule has 28 heavy (non-hydrogen) atoms. The van der Waals surface area contributed by atoms with E-state index in [9.17, 15) is 14.7 Å². The lowest BCUT2D eigenvalue weighted by molar-refractivity contribution is -0.318. The van der Waals surface area contributed by atoms with Crippen LogP contribution in [0.15, 0.2) is 24.3 Å². The summed E-state index contributed by atoms with van der Waals surface area (Å²) in [6, 6.07) is 7.99. The van der Waals surface area contributed by atoms with Crippen LogP contribution in [-0.2, 0) is 9.59 Å². The Bertz CT molecular complexity index is 721. The van der Waals surface area contributed by atoms with E-state index in [1.165, 1.54) is 0 Å². The summed E-state index contributed by atoms with van der Waals surface area (Å²) in [5.74, 6) is -0.804. The molecule has 0 N–H and O–H groups in total. The molecule has 0 aromatic heterocycles. The first-order chi connectivity index (χ1) is 13.6. The molecule has 152 valence electrons. The van der Waals surface area contributed by atoms with E-state index >= 15 is 0 Å². The number of benzene rings is 1. The van der Waals surface area contributed by atoms with E-state index in [-0.39, 0.29) is 23.7 Å². The Hall–Kier alpha value is -2.24. The van der Waals surface area contributed by atoms with Gasteiger partial charge >= 0.3 is 0 Å². The standard InChI is InChI=1S/C22H30N2O4/c1-2-28-18-6-4-3-5-17(18)23-11-13-24(14-12-23)21(25)19-15-7-9-16(10-8-15)20(19)22(26)27/h3-6,15-16,19-20H,2,7-14H2,1H3,(H,26,27)/p-1/t15?,16?,19-,20-/m0/s1. The summed E-state index contributed by atoms with van der Waals surface area (Å²) in [6.07, 6.45) is 3.81. The van der Waals surface area contributed by atoms with Crippen molar-refractivity contribution >= 4 is 17.6 Å². The van der Waals surface area contributed by atoms with Gasteiger partial charge in [-0.15, -0.1) is 0 Å². The zero-order chi connectivity index (χ0) is 19.7. The van der Waals surface area contributed by atoms with Crippen LogP contribution in [0.1, 0.15) is 32.6 Å². The van der Waals surface area contributed by atoms with E-state index in [0.717, 1.165) is 50.2 Å². The fraction of sp³-hybridized carbons (Fsp3) is 0.636. The van der Waals surface area contributed by atoms with Crippen LogP contribution in [0.25, 0.3) is 0 Å². The number of carboxylic acids is 1. The number of carbonyl (C=O) groups excluding carboxylic acids is 2. The van der Waals surface area contributed by atoms with Crippen LogP contribution in [0.2, 0.25) is 0 Å². The molecule has 1 amide bonds. The molecule has 3 aliphatic carbocycles. The zero-order valence-corrected chi connectivity index (χ0v) is 16.5. The predicted molar refractivity (Wildman–Crippen MR) is 104 cm³/mol. The SMILES string of the molecule is CCOc1ccccc1N1CCN(C(=O)[C@H]2C3CCC(CC3)[C@@H]2C(=O)[O-])CC1. The van der Waals surface area contributed by atoms with Crippen LogP contribution in [0, 0.1) is 23.7 Å². The largest absolute Gasteiger partial charge is 0.550 e. The number of hydrogen-bond acceptors (Lipinski definition) is 5. The van der Waals surface area contributed by atoms with Gasteiger partial charge in [0.05, 0.1) is 12.3 Å². The Morgan fingerprint density at radius 2 is 1.61 bits per heavy atom. The zero-order valence-electron chi connectivity index (χ0n) is 16.5. The number of amides is 1. The van der Waals surface area contributed by atoms with Crippen molar-refractivity contribution in [1.29, 1.82) is 0 Å². The number of rotatable bonds is 5. The fourth-order valence-electron chi connectivity index (χ4n) is 5.52. The summed E-state index contributed by atoms with van der Waals surface area (Å²) in [7, 11) is 0. The van der Waals surface area contributed by atoms with Crippen molar-refractivity contribution in [2.45, 2.75) is 32.6 Å². The molecule has 3 saturated carbocycles. The molecule has 0 spiro atoms. The number of anilines is 1. The molecule has 5 rings (SSSR count). The lowest BCUT2D eigenvalue weighted by Gasteiger charge is -2.50. The van der Waals surface area contributed by atoms with Crippen LogP contribution in [0.3, 0.4) is 0 Å². The van der Waals surface area contributed by atoms with E-state index in [4.69, 9.17) is 4.74 Å². The van der Waals surface area contributed by atoms with Gasteiger partial charge in [0.25, 0.3) is 0 Å². The second kappa shape index (κ2) is 8.02. The summed E-state index contributed by atoms with van der Waals surface area (Å²) in [5.41, 5.74) is 1.06. The molecule has 6 nitrogen and oxygen atoms in total. The quantitative estimate of drug-likeness (QED) is 0.769. The number of para-hydroxylation sites is 2. The van der Waals surface area contributed by atoms with Gasteiger partial charge in [0, 0.05) is 44.0 Å². The molecule has 1 saturated heterocycles. The summed E-state index contributed by atoms with van der Waals surface area (Å²) < 4.78 is 5.74. The van der Waals surface area contributed by atoms with Crippen molar-refractivity contribution < 1.29 is 19.4 Å². The monoisotopic (exact) mass is 385 g/mol. The second-order valence-electron chi connectivity index (χ2n) is 8.26. The number of ether oxygens (including phenoxy) is 1. The van der Waals surface area contributed by atoms with Crippen molar-refractivity contribution in [2.75, 3.05) is 37.7 Å². The van der Waals surface area contributed by atoms with Gasteiger partial charge in [0.1, 0.15) is 5.75 Å². The van der Waals surface area contributed by atoms with Crippen LogP contribution >= 0.6 is 0 Å². The number of aliphatic carboxylic acids is 1. The van der Waals surface area contributed by atoms with Gasteiger partial charge in [-0.25, -0.2) is 0 Å². The van der Waals surface area contributed by atoms with Gasteiger partial charge in [0.2, 0.25) is 5.91 Å². The Kier molecular flexibility index (Phi) is 5.47. The van der Waals surface area contributed by atoms with Gasteiger partial charge in [-0.1, -0.05) is 12.1 Å². The van der Waals surface area contributed by atoms with Gasteiger partial charge in [-0.2, -0.15) is 0 Å². The lowest BCUT2D eigenvalue weighted by atomic mass is 9.58. The summed E-state index contributed by atoms with van der Waals surface area (Å²) >= 11 is 0. The maximum atomic E-state index is 13.3. The molecule has 1 aliphatic heterocycles. The first kappa shape index (κ1) is 19.1. The van der Waals surface area contributed by atoms with E-state index in [0.29, 0.717) is 19.7 Å². The molecule has 6 heteroatoms. The number of hydrogen-bond donors (Lipinski definition) is 0. The molecule has 0 radical (unpaired) electrons. The van der Waals surface area contributed by atoms with E-state index in [1.807, 2.05) is 30.0 Å². The van der Waals surface area contributed by atoms with Crippen LogP contribution in [-0.4, -0.2) is 49.6 Å². The van der Waals surface area contributed by atoms with E-state index < -0.39 is 11.9 Å². The minimum Gasteiger partial charge on any atom is -0.550 e. The Balaban J connectivity index is 1.44. The van der Waals surface area contributed by atoms with Crippen molar-refractivity contribution in [2.24, 2.45) is 23.7 Å². The number of nitrogens with zero attached hydrogens (tertiary/aromatic N) is 2. The van der Waals surface area contributed by atoms with Gasteiger partial charge in [-0.05, 0) is 56.6 Å². The Morgan fingerprint density at radius 1 is 1.00 bits per heavy atom. The van der Waals surface area contributed by atoms with Crippen molar-refractivity contribution in [3.05, 3.63) is 24.3 Å². The average Bonchev–Trinajstić information content (AvgIpc) is 2.74. The molecular weight excluding hydrogens is 356 g/mol. The molecule has 4 fully saturated rings. The third kappa shape index (κ3) is 3.45. The fourth-order valence-corrected chi connectivity index (χ4v) is 5.52. The lowest BCUT2D eigenvalue weighted by Crippen LogP contribution is -2.57. The topological polar surface area (TPSA) is 72.9 Å². The third-order valence-electron chi connectivity index (χ3n) is 6.87. The highest BCUT2D eigenvalue weighted by molar-refractivity contribution is 5.85. The normalized spacial score (nSPS) is 29.6. The van der Waals surface area contributed by atoms with E-state index in [1.54, 1.807) is 0 Å². The number of carbonyl (C=O) groups is 2. The summed E-state index contributed by atoms with van der Waals surface area (Å²) in [5, 5.41) is 11.8. The highest BCUT2D eigenvalue weighted by Gasteiger charge is 2.48. The van der Waals surface area contributed by atoms with Crippen molar-refractivity contribution in [3.63, 3.8) is 0 Å². The summed E-state index contributed by atoms with van der Waals surface area (Å²) in [4.78, 5) is 29.2. The Labute approximate surface area is 166 Å². The van der Waals surface area contributed by atoms with Crippen molar-refractivity contribution in [3.8, 4) is 5.75 Å². The van der Waals surface area contributed by atoms with Gasteiger partial charge in [0.15, 0.2) is 0 Å². The molecular formula is C22H29N2O4-. The predicted octanol–water partition coefficient (Wildman–Crippen LogP) is 1.54. The molecule has 4 aliphatic rings. The smallest absolute Gasteiger partial charge is 0.226 e. The van der Waals surface area contributed by atoms with Crippen LogP contribution in [0.4, 0.5) is 5.69 Å². The maximum Gasteiger partial charge on any atom is 0.226 e. The summed E-state index contributed by atoms with van der Waals surface area (Å²) in [6.45, 7) is 5.28. The second-order valence-corrected chi connectivity index (χ2v) is 8.26. The molecule has 1 heterocycles. The number of fused-ring (bicyclic) bond motifs is 3. The molecule has 1 aromatic carbocycles. The highest BCUT2D eigenvalue weighted by Crippen LogP contribution is 2.49. The maximum absolute atomic E-state index is 13.3. The number of piperazine rings is 1. The minimum atomic E-state index is -1.03. The highest BCUT2D eigenvalue weighted by atomic mass is 16.5. The van der Waals surface area contributed by atoms with Crippen molar-refractivity contribution in [1.82, 2.24) is 4.90 Å². The third-order valence-corrected chi connectivity index (χ3v) is 6.87. The minimum absolute atomic E-state index is 0.0290. The molecule has 2 bridgehead atoms. The first-order valence-electron chi connectivity index (χ1n) is 10.6. The van der Waals surface area contributed by atoms with Gasteiger partial charge in [-0.3, -0.25) is 4.79 Å².